The maximum atomic E-state index is 3.38. The number of hydrogen-bond donors (Lipinski definition) is 1. The summed E-state index contributed by atoms with van der Waals surface area (Å²) in [4.78, 5) is 5.29. The highest BCUT2D eigenvalue weighted by molar-refractivity contribution is 5.35. The van der Waals surface area contributed by atoms with Crippen molar-refractivity contribution < 1.29 is 0 Å². The molecule has 4 rings (SSSR count). The first-order valence-corrected chi connectivity index (χ1v) is 8.16. The van der Waals surface area contributed by atoms with Gasteiger partial charge in [0.2, 0.25) is 0 Å². The topological polar surface area (TPSA) is 18.5 Å². The van der Waals surface area contributed by atoms with Gasteiger partial charge in [0.25, 0.3) is 0 Å². The van der Waals surface area contributed by atoms with Crippen LogP contribution in [0.2, 0.25) is 0 Å². The van der Waals surface area contributed by atoms with Gasteiger partial charge in [0, 0.05) is 51.9 Å². The average Bonchev–Trinajstić information content (AvgIpc) is 2.86. The van der Waals surface area contributed by atoms with Crippen molar-refractivity contribution in [2.24, 2.45) is 0 Å². The molecule has 3 heteroatoms. The second-order valence-corrected chi connectivity index (χ2v) is 6.58. The molecule has 2 heterocycles. The molecule has 108 valence electrons. The Morgan fingerprint density at radius 2 is 1.80 bits per heavy atom. The molecule has 20 heavy (non-hydrogen) atoms. The van der Waals surface area contributed by atoms with E-state index in [1.165, 1.54) is 64.1 Å². The summed E-state index contributed by atoms with van der Waals surface area (Å²) in [6.45, 7) is 8.50. The Kier molecular flexibility index (Phi) is 3.51. The van der Waals surface area contributed by atoms with Crippen LogP contribution in [0.15, 0.2) is 18.2 Å². The number of hydrogen-bond acceptors (Lipinski definition) is 3. The predicted molar refractivity (Wildman–Crippen MR) is 82.0 cm³/mol. The Labute approximate surface area is 121 Å². The molecule has 1 aromatic carbocycles. The highest BCUT2D eigenvalue weighted by atomic mass is 15.3. The van der Waals surface area contributed by atoms with Gasteiger partial charge in [0.1, 0.15) is 0 Å². The van der Waals surface area contributed by atoms with Crippen LogP contribution in [0.25, 0.3) is 0 Å². The van der Waals surface area contributed by atoms with Crippen LogP contribution in [0.1, 0.15) is 23.1 Å². The molecule has 0 spiro atoms. The van der Waals surface area contributed by atoms with E-state index in [4.69, 9.17) is 0 Å². The molecule has 0 saturated carbocycles. The first-order chi connectivity index (χ1) is 9.88. The van der Waals surface area contributed by atoms with Gasteiger partial charge in [-0.2, -0.15) is 0 Å². The number of rotatable bonds is 3. The molecule has 3 aliphatic rings. The van der Waals surface area contributed by atoms with Crippen LogP contribution in [0.5, 0.6) is 0 Å². The van der Waals surface area contributed by atoms with E-state index in [0.29, 0.717) is 0 Å². The highest BCUT2D eigenvalue weighted by Crippen LogP contribution is 2.23. The highest BCUT2D eigenvalue weighted by Gasteiger charge is 2.27. The lowest BCUT2D eigenvalue weighted by molar-refractivity contribution is 0.0695. The quantitative estimate of drug-likeness (QED) is 0.893. The smallest absolute Gasteiger partial charge is 0.0346 e. The Balaban J connectivity index is 1.33. The second-order valence-electron chi connectivity index (χ2n) is 6.58. The van der Waals surface area contributed by atoms with Gasteiger partial charge in [0.15, 0.2) is 0 Å². The van der Waals surface area contributed by atoms with Gasteiger partial charge in [-0.15, -0.1) is 0 Å². The number of nitrogens with one attached hydrogen (secondary N) is 1. The van der Waals surface area contributed by atoms with Crippen LogP contribution < -0.4 is 5.32 Å². The van der Waals surface area contributed by atoms with Crippen molar-refractivity contribution in [1.82, 2.24) is 15.1 Å². The van der Waals surface area contributed by atoms with Crippen molar-refractivity contribution in [1.29, 1.82) is 0 Å². The number of benzene rings is 1. The first kappa shape index (κ1) is 12.8. The summed E-state index contributed by atoms with van der Waals surface area (Å²) < 4.78 is 0. The second kappa shape index (κ2) is 5.47. The average molecular weight is 271 g/mol. The minimum absolute atomic E-state index is 0.817. The van der Waals surface area contributed by atoms with E-state index in [-0.39, 0.29) is 0 Å². The van der Waals surface area contributed by atoms with Crippen LogP contribution >= 0.6 is 0 Å². The van der Waals surface area contributed by atoms with Crippen LogP contribution in [0.3, 0.4) is 0 Å². The van der Waals surface area contributed by atoms with Crippen molar-refractivity contribution in [2.75, 3.05) is 39.3 Å². The standard InChI is InChI=1S/C17H25N3/c1-2-15-5-4-14(10-16(15)3-1)13-19-6-8-20(9-7-19)17-11-18-12-17/h4-5,10,17-18H,1-3,6-9,11-13H2. The minimum atomic E-state index is 0.817. The molecule has 1 N–H and O–H groups in total. The summed E-state index contributed by atoms with van der Waals surface area (Å²) in [6, 6.07) is 8.00. The van der Waals surface area contributed by atoms with Gasteiger partial charge < -0.3 is 5.32 Å². The first-order valence-electron chi connectivity index (χ1n) is 8.16. The lowest BCUT2D eigenvalue weighted by Gasteiger charge is -2.43. The van der Waals surface area contributed by atoms with Gasteiger partial charge in [-0.3, -0.25) is 9.80 Å². The summed E-state index contributed by atoms with van der Waals surface area (Å²) in [7, 11) is 0. The summed E-state index contributed by atoms with van der Waals surface area (Å²) in [5, 5.41) is 3.38. The fraction of sp³-hybridized carbons (Fsp3) is 0.647. The van der Waals surface area contributed by atoms with Gasteiger partial charge >= 0.3 is 0 Å². The van der Waals surface area contributed by atoms with Crippen molar-refractivity contribution in [2.45, 2.75) is 31.8 Å². The zero-order chi connectivity index (χ0) is 13.4. The SMILES string of the molecule is c1cc2c(cc1CN1CCN(C3CNC3)CC1)CCC2. The number of fused-ring (bicyclic) bond motifs is 1. The Hall–Kier alpha value is -0.900. The number of nitrogens with zero attached hydrogens (tertiary/aromatic N) is 2. The fourth-order valence-electron chi connectivity index (χ4n) is 3.80. The number of aryl methyl sites for hydroxylation is 2. The largest absolute Gasteiger partial charge is 0.314 e. The van der Waals surface area contributed by atoms with Crippen LogP contribution in [0.4, 0.5) is 0 Å². The van der Waals surface area contributed by atoms with Gasteiger partial charge in [-0.05, 0) is 36.0 Å². The summed E-state index contributed by atoms with van der Waals surface area (Å²) in [5.41, 5.74) is 4.72. The molecular weight excluding hydrogens is 246 g/mol. The van der Waals surface area contributed by atoms with Gasteiger partial charge in [-0.25, -0.2) is 0 Å². The third-order valence-electron chi connectivity index (χ3n) is 5.25. The molecule has 2 saturated heterocycles. The molecule has 0 aromatic heterocycles. The maximum Gasteiger partial charge on any atom is 0.0346 e. The predicted octanol–water partition coefficient (Wildman–Crippen LogP) is 1.26. The molecule has 0 unspecified atom stereocenters. The van der Waals surface area contributed by atoms with E-state index >= 15 is 0 Å². The zero-order valence-electron chi connectivity index (χ0n) is 12.3. The van der Waals surface area contributed by atoms with Crippen LogP contribution in [0, 0.1) is 0 Å². The molecular formula is C17H25N3. The van der Waals surface area contributed by atoms with Crippen molar-refractivity contribution >= 4 is 0 Å². The molecule has 0 bridgehead atoms. The third kappa shape index (κ3) is 2.50. The maximum absolute atomic E-state index is 3.38. The van der Waals surface area contributed by atoms with Crippen molar-refractivity contribution in [3.05, 3.63) is 34.9 Å². The molecule has 3 nitrogen and oxygen atoms in total. The third-order valence-corrected chi connectivity index (χ3v) is 5.25. The minimum Gasteiger partial charge on any atom is -0.314 e. The number of piperazine rings is 1. The van der Waals surface area contributed by atoms with Gasteiger partial charge in [0.05, 0.1) is 0 Å². The molecule has 0 atom stereocenters. The lowest BCUT2D eigenvalue weighted by atomic mass is 10.1. The molecule has 1 aromatic rings. The van der Waals surface area contributed by atoms with E-state index in [9.17, 15) is 0 Å². The normalized spacial score (nSPS) is 24.6. The molecule has 0 amide bonds. The van der Waals surface area contributed by atoms with Crippen molar-refractivity contribution in [3.63, 3.8) is 0 Å². The Morgan fingerprint density at radius 3 is 2.55 bits per heavy atom. The summed E-state index contributed by atoms with van der Waals surface area (Å²) in [5.74, 6) is 0. The zero-order valence-corrected chi connectivity index (χ0v) is 12.3. The van der Waals surface area contributed by atoms with Crippen LogP contribution in [-0.4, -0.2) is 55.1 Å². The Bertz CT molecular complexity index is 473. The monoisotopic (exact) mass is 271 g/mol. The van der Waals surface area contributed by atoms with E-state index in [1.807, 2.05) is 0 Å². The fourth-order valence-corrected chi connectivity index (χ4v) is 3.80. The molecule has 2 aliphatic heterocycles. The molecule has 2 fully saturated rings. The van der Waals surface area contributed by atoms with E-state index in [0.717, 1.165) is 12.6 Å². The van der Waals surface area contributed by atoms with Gasteiger partial charge in [-0.1, -0.05) is 18.2 Å². The summed E-state index contributed by atoms with van der Waals surface area (Å²) >= 11 is 0. The van der Waals surface area contributed by atoms with Crippen molar-refractivity contribution in [3.8, 4) is 0 Å². The lowest BCUT2D eigenvalue weighted by Crippen LogP contribution is -2.61. The van der Waals surface area contributed by atoms with Crippen LogP contribution in [-0.2, 0) is 19.4 Å². The van der Waals surface area contributed by atoms with E-state index in [1.54, 1.807) is 11.1 Å². The van der Waals surface area contributed by atoms with E-state index in [2.05, 4.69) is 33.3 Å². The van der Waals surface area contributed by atoms with E-state index < -0.39 is 0 Å². The Morgan fingerprint density at radius 1 is 1.00 bits per heavy atom. The molecule has 1 aliphatic carbocycles. The summed E-state index contributed by atoms with van der Waals surface area (Å²) in [6.07, 6.45) is 3.95. The molecule has 0 radical (unpaired) electrons.